The Morgan fingerprint density at radius 2 is 2.06 bits per heavy atom. The first kappa shape index (κ1) is 12.9. The Balaban J connectivity index is 2.78. The van der Waals surface area contributed by atoms with Gasteiger partial charge >= 0.3 is 0 Å². The van der Waals surface area contributed by atoms with Gasteiger partial charge in [-0.15, -0.1) is 0 Å². The molecule has 1 aromatic heterocycles. The first-order valence-electron chi connectivity index (χ1n) is 5.02. The normalized spacial score (nSPS) is 11.3. The van der Waals surface area contributed by atoms with Crippen molar-refractivity contribution in [2.24, 2.45) is 5.41 Å². The fourth-order valence-corrected chi connectivity index (χ4v) is 1.57. The Morgan fingerprint density at radius 1 is 1.44 bits per heavy atom. The molecule has 4 nitrogen and oxygen atoms in total. The van der Waals surface area contributed by atoms with Crippen LogP contribution in [-0.4, -0.2) is 34.4 Å². The Kier molecular flexibility index (Phi) is 3.86. The van der Waals surface area contributed by atoms with Gasteiger partial charge < -0.3 is 4.90 Å². The van der Waals surface area contributed by atoms with Crippen molar-refractivity contribution in [3.05, 3.63) is 23.2 Å². The number of carbonyl (C=O) groups excluding carboxylic acids is 1. The Morgan fingerprint density at radius 3 is 2.56 bits per heavy atom. The maximum Gasteiger partial charge on any atom is 0.273 e. The predicted molar refractivity (Wildman–Crippen MR) is 63.5 cm³/mol. The smallest absolute Gasteiger partial charge is 0.273 e. The number of hydrogen-bond donors (Lipinski definition) is 0. The summed E-state index contributed by atoms with van der Waals surface area (Å²) in [6, 6.07) is 0. The Hall–Kier alpha value is -1.16. The zero-order valence-electron chi connectivity index (χ0n) is 9.99. The highest BCUT2D eigenvalue weighted by Crippen LogP contribution is 2.15. The molecule has 0 aliphatic heterocycles. The van der Waals surface area contributed by atoms with Gasteiger partial charge in [0.2, 0.25) is 0 Å². The van der Waals surface area contributed by atoms with Crippen molar-refractivity contribution in [1.82, 2.24) is 14.9 Å². The molecule has 0 saturated heterocycles. The lowest BCUT2D eigenvalue weighted by Crippen LogP contribution is -2.35. The molecule has 0 aliphatic rings. The molecule has 0 saturated carbocycles. The minimum atomic E-state index is -0.162. The molecular weight excluding hydrogens is 226 g/mol. The molecule has 5 heteroatoms. The van der Waals surface area contributed by atoms with E-state index in [1.165, 1.54) is 12.4 Å². The van der Waals surface area contributed by atoms with Gasteiger partial charge in [-0.2, -0.15) is 0 Å². The van der Waals surface area contributed by atoms with Crippen LogP contribution in [0.4, 0.5) is 0 Å². The van der Waals surface area contributed by atoms with Gasteiger partial charge in [0.1, 0.15) is 10.8 Å². The monoisotopic (exact) mass is 241 g/mol. The van der Waals surface area contributed by atoms with E-state index in [0.29, 0.717) is 6.54 Å². The summed E-state index contributed by atoms with van der Waals surface area (Å²) in [5, 5.41) is 0.231. The summed E-state index contributed by atoms with van der Waals surface area (Å²) in [7, 11) is 1.75. The second-order valence-corrected chi connectivity index (χ2v) is 5.34. The highest BCUT2D eigenvalue weighted by atomic mass is 35.5. The fraction of sp³-hybridized carbons (Fsp3) is 0.545. The van der Waals surface area contributed by atoms with Gasteiger partial charge in [0, 0.05) is 13.6 Å². The summed E-state index contributed by atoms with van der Waals surface area (Å²) < 4.78 is 0. The Labute approximate surface area is 101 Å². The van der Waals surface area contributed by atoms with Crippen molar-refractivity contribution in [2.75, 3.05) is 13.6 Å². The zero-order valence-corrected chi connectivity index (χ0v) is 10.7. The third kappa shape index (κ3) is 3.77. The third-order valence-electron chi connectivity index (χ3n) is 1.88. The number of rotatable bonds is 2. The largest absolute Gasteiger partial charge is 0.340 e. The van der Waals surface area contributed by atoms with E-state index in [1.54, 1.807) is 11.9 Å². The summed E-state index contributed by atoms with van der Waals surface area (Å²) in [6.07, 6.45) is 2.83. The highest BCUT2D eigenvalue weighted by Gasteiger charge is 2.19. The van der Waals surface area contributed by atoms with E-state index >= 15 is 0 Å². The van der Waals surface area contributed by atoms with Gasteiger partial charge in [0.05, 0.1) is 12.4 Å². The van der Waals surface area contributed by atoms with Crippen LogP contribution in [0.3, 0.4) is 0 Å². The van der Waals surface area contributed by atoms with Gasteiger partial charge in [0.15, 0.2) is 0 Å². The second kappa shape index (κ2) is 4.78. The molecule has 0 N–H and O–H groups in total. The minimum Gasteiger partial charge on any atom is -0.340 e. The van der Waals surface area contributed by atoms with Crippen LogP contribution in [0.1, 0.15) is 31.3 Å². The second-order valence-electron chi connectivity index (χ2n) is 4.95. The predicted octanol–water partition coefficient (Wildman–Crippen LogP) is 2.25. The van der Waals surface area contributed by atoms with Gasteiger partial charge in [0.25, 0.3) is 5.91 Å². The van der Waals surface area contributed by atoms with E-state index in [9.17, 15) is 4.79 Å². The first-order valence-corrected chi connectivity index (χ1v) is 5.40. The third-order valence-corrected chi connectivity index (χ3v) is 2.06. The van der Waals surface area contributed by atoms with E-state index < -0.39 is 0 Å². The lowest BCUT2D eigenvalue weighted by atomic mass is 9.96. The average Bonchev–Trinajstić information content (AvgIpc) is 2.14. The molecule has 0 spiro atoms. The van der Waals surface area contributed by atoms with Gasteiger partial charge in [-0.25, -0.2) is 4.98 Å². The first-order chi connectivity index (χ1) is 7.29. The van der Waals surface area contributed by atoms with E-state index in [4.69, 9.17) is 11.6 Å². The van der Waals surface area contributed by atoms with E-state index in [2.05, 4.69) is 30.7 Å². The van der Waals surface area contributed by atoms with Crippen molar-refractivity contribution in [1.29, 1.82) is 0 Å². The summed E-state index contributed by atoms with van der Waals surface area (Å²) in [4.78, 5) is 21.3. The number of aromatic nitrogens is 2. The van der Waals surface area contributed by atoms with Gasteiger partial charge in [-0.05, 0) is 5.41 Å². The van der Waals surface area contributed by atoms with Crippen molar-refractivity contribution < 1.29 is 4.79 Å². The number of hydrogen-bond acceptors (Lipinski definition) is 3. The number of nitrogens with zero attached hydrogens (tertiary/aromatic N) is 3. The van der Waals surface area contributed by atoms with Crippen LogP contribution in [-0.2, 0) is 0 Å². The van der Waals surface area contributed by atoms with Gasteiger partial charge in [-0.1, -0.05) is 32.4 Å². The standard InChI is InChI=1S/C11H16ClN3O/c1-11(2,3)7-15(4)10(16)8-5-13-6-9(12)14-8/h5-6H,7H2,1-4H3. The van der Waals surface area contributed by atoms with E-state index in [1.807, 2.05) is 0 Å². The number of halogens is 1. The molecule has 0 fully saturated rings. The minimum absolute atomic E-state index is 0.0520. The van der Waals surface area contributed by atoms with Crippen LogP contribution in [0.5, 0.6) is 0 Å². The van der Waals surface area contributed by atoms with Crippen LogP contribution in [0.15, 0.2) is 12.4 Å². The quantitative estimate of drug-likeness (QED) is 0.798. The summed E-state index contributed by atoms with van der Waals surface area (Å²) in [5.41, 5.74) is 0.329. The fourth-order valence-electron chi connectivity index (χ4n) is 1.42. The topological polar surface area (TPSA) is 46.1 Å². The van der Waals surface area contributed by atoms with Crippen LogP contribution in [0, 0.1) is 5.41 Å². The number of carbonyl (C=O) groups is 1. The Bertz CT molecular complexity index is 387. The molecule has 1 heterocycles. The molecule has 0 unspecified atom stereocenters. The van der Waals surface area contributed by atoms with Crippen molar-refractivity contribution in [3.8, 4) is 0 Å². The molecule has 1 aromatic rings. The molecule has 0 aliphatic carbocycles. The van der Waals surface area contributed by atoms with Crippen molar-refractivity contribution >= 4 is 17.5 Å². The van der Waals surface area contributed by atoms with Gasteiger partial charge in [-0.3, -0.25) is 9.78 Å². The molecule has 1 amide bonds. The molecule has 0 radical (unpaired) electrons. The molecular formula is C11H16ClN3O. The SMILES string of the molecule is CN(CC(C)(C)C)C(=O)c1cncc(Cl)n1. The molecule has 88 valence electrons. The maximum absolute atomic E-state index is 11.9. The zero-order chi connectivity index (χ0) is 12.3. The number of amides is 1. The average molecular weight is 242 g/mol. The van der Waals surface area contributed by atoms with Crippen LogP contribution in [0.25, 0.3) is 0 Å². The van der Waals surface area contributed by atoms with E-state index in [-0.39, 0.29) is 22.2 Å². The highest BCUT2D eigenvalue weighted by molar-refractivity contribution is 6.29. The van der Waals surface area contributed by atoms with Crippen molar-refractivity contribution in [3.63, 3.8) is 0 Å². The molecule has 16 heavy (non-hydrogen) atoms. The van der Waals surface area contributed by atoms with Crippen LogP contribution in [0.2, 0.25) is 5.15 Å². The molecule has 1 rings (SSSR count). The molecule has 0 bridgehead atoms. The van der Waals surface area contributed by atoms with E-state index in [0.717, 1.165) is 0 Å². The summed E-state index contributed by atoms with van der Waals surface area (Å²) >= 11 is 5.68. The summed E-state index contributed by atoms with van der Waals surface area (Å²) in [5.74, 6) is -0.162. The summed E-state index contributed by atoms with van der Waals surface area (Å²) in [6.45, 7) is 6.86. The van der Waals surface area contributed by atoms with Crippen LogP contribution < -0.4 is 0 Å². The maximum atomic E-state index is 11.9. The lowest BCUT2D eigenvalue weighted by Gasteiger charge is -2.26. The van der Waals surface area contributed by atoms with Crippen LogP contribution >= 0.6 is 11.6 Å². The molecule has 0 aromatic carbocycles. The van der Waals surface area contributed by atoms with Crippen molar-refractivity contribution in [2.45, 2.75) is 20.8 Å². The molecule has 0 atom stereocenters. The lowest BCUT2D eigenvalue weighted by molar-refractivity contribution is 0.0739.